The zero-order valence-corrected chi connectivity index (χ0v) is 18.9. The lowest BCUT2D eigenvalue weighted by Gasteiger charge is -2.12. The van der Waals surface area contributed by atoms with E-state index in [9.17, 15) is 45.8 Å². The minimum atomic E-state index is -4.81. The number of hydrogen-bond acceptors (Lipinski definition) is 8. The summed E-state index contributed by atoms with van der Waals surface area (Å²) >= 11 is 5.80. The number of aryl methyl sites for hydroxylation is 1. The molecule has 0 amide bonds. The van der Waals surface area contributed by atoms with Gasteiger partial charge in [-0.25, -0.2) is 9.78 Å². The van der Waals surface area contributed by atoms with E-state index in [0.29, 0.717) is 12.3 Å². The first kappa shape index (κ1) is 28.2. The van der Waals surface area contributed by atoms with Crippen LogP contribution in [0.15, 0.2) is 24.4 Å². The number of benzene rings is 1. The molecule has 0 aliphatic heterocycles. The molecule has 17 heteroatoms. The molecule has 1 aromatic carbocycles. The van der Waals surface area contributed by atoms with E-state index in [4.69, 9.17) is 16.3 Å². The Kier molecular flexibility index (Phi) is 8.98. The normalized spacial score (nSPS) is 12.3. The van der Waals surface area contributed by atoms with Gasteiger partial charge in [0.1, 0.15) is 10.8 Å². The van der Waals surface area contributed by atoms with E-state index in [-0.39, 0.29) is 17.7 Å². The summed E-state index contributed by atoms with van der Waals surface area (Å²) in [5.74, 6) is -2.26. The Bertz CT molecular complexity index is 1140. The van der Waals surface area contributed by atoms with Crippen LogP contribution < -0.4 is 10.0 Å². The zero-order valence-electron chi connectivity index (χ0n) is 17.3. The van der Waals surface area contributed by atoms with Crippen molar-refractivity contribution in [3.05, 3.63) is 50.7 Å². The van der Waals surface area contributed by atoms with Crippen molar-refractivity contribution in [2.45, 2.75) is 25.7 Å². The van der Waals surface area contributed by atoms with E-state index in [2.05, 4.69) is 14.2 Å². The van der Waals surface area contributed by atoms with Gasteiger partial charge >= 0.3 is 37.3 Å². The maximum Gasteiger partial charge on any atom is 0.556 e. The van der Waals surface area contributed by atoms with Crippen LogP contribution in [0.5, 0.6) is 11.6 Å². The summed E-state index contributed by atoms with van der Waals surface area (Å²) in [4.78, 5) is 25.3. The van der Waals surface area contributed by atoms with E-state index in [1.807, 2.05) is 0 Å². The Balaban J connectivity index is 2.33. The third kappa shape index (κ3) is 8.01. The number of aromatic nitrogens is 1. The lowest BCUT2D eigenvalue weighted by molar-refractivity contribution is -0.383. The van der Waals surface area contributed by atoms with Gasteiger partial charge in [-0.3, -0.25) is 10.1 Å². The minimum Gasteiger partial charge on any atom is -0.454 e. The molecule has 0 saturated carbocycles. The number of halogens is 7. The van der Waals surface area contributed by atoms with Crippen LogP contribution in [-0.4, -0.2) is 35.3 Å². The molecule has 1 aromatic heterocycles. The van der Waals surface area contributed by atoms with Gasteiger partial charge < -0.3 is 9.47 Å². The Labute approximate surface area is 198 Å². The van der Waals surface area contributed by atoms with E-state index in [1.54, 1.807) is 6.92 Å². The summed E-state index contributed by atoms with van der Waals surface area (Å²) in [6.45, 7) is -1.59. The molecule has 0 aliphatic carbocycles. The molecule has 1 heterocycles. The SMILES string of the molecule is CCc1cc([N+](=O)[O-])c([P+](=O)OCC(=O)OCC(F)(F)F)cc1Oc1ncc(C(F)(F)F)cc1Cl. The maximum atomic E-state index is 12.8. The maximum absolute atomic E-state index is 12.8. The van der Waals surface area contributed by atoms with E-state index in [0.717, 1.165) is 12.1 Å². The Morgan fingerprint density at radius 2 is 1.86 bits per heavy atom. The number of pyridine rings is 1. The Morgan fingerprint density at radius 3 is 2.37 bits per heavy atom. The molecule has 0 radical (unpaired) electrons. The van der Waals surface area contributed by atoms with Gasteiger partial charge in [0.05, 0.1) is 10.5 Å². The van der Waals surface area contributed by atoms with Crippen molar-refractivity contribution in [2.24, 2.45) is 0 Å². The summed E-state index contributed by atoms with van der Waals surface area (Å²) in [6, 6.07) is 2.35. The predicted molar refractivity (Wildman–Crippen MR) is 107 cm³/mol. The fourth-order valence-electron chi connectivity index (χ4n) is 2.41. The van der Waals surface area contributed by atoms with E-state index >= 15 is 0 Å². The summed E-state index contributed by atoms with van der Waals surface area (Å²) in [6.07, 6.45) is -9.00. The third-order valence-corrected chi connectivity index (χ3v) is 5.36. The molecular formula is C18H13ClF6N2O7P+. The van der Waals surface area contributed by atoms with Gasteiger partial charge in [0.15, 0.2) is 6.61 Å². The van der Waals surface area contributed by atoms with Crippen LogP contribution in [0, 0.1) is 10.1 Å². The molecule has 1 unspecified atom stereocenters. The fourth-order valence-corrected chi connectivity index (χ4v) is 3.53. The van der Waals surface area contributed by atoms with Crippen molar-refractivity contribution in [3.63, 3.8) is 0 Å². The largest absolute Gasteiger partial charge is 0.556 e. The Morgan fingerprint density at radius 1 is 1.20 bits per heavy atom. The van der Waals surface area contributed by atoms with E-state index < -0.39 is 71.9 Å². The number of alkyl halides is 6. The van der Waals surface area contributed by atoms with Crippen LogP contribution >= 0.6 is 19.6 Å². The number of carbonyl (C=O) groups excluding carboxylic acids is 1. The lowest BCUT2D eigenvalue weighted by atomic mass is 10.1. The third-order valence-electron chi connectivity index (χ3n) is 3.97. The van der Waals surface area contributed by atoms with Crippen molar-refractivity contribution in [1.82, 2.24) is 4.98 Å². The number of hydrogen-bond donors (Lipinski definition) is 0. The van der Waals surface area contributed by atoms with Crippen LogP contribution in [0.1, 0.15) is 18.1 Å². The fraction of sp³-hybridized carbons (Fsp3) is 0.333. The topological polar surface area (TPSA) is 118 Å². The van der Waals surface area contributed by atoms with Gasteiger partial charge in [-0.1, -0.05) is 18.5 Å². The molecule has 0 aliphatic rings. The summed E-state index contributed by atoms with van der Waals surface area (Å²) in [5.41, 5.74) is -1.75. The monoisotopic (exact) mass is 549 g/mol. The smallest absolute Gasteiger partial charge is 0.454 e. The number of esters is 1. The van der Waals surface area contributed by atoms with Crippen LogP contribution in [-0.2, 0) is 31.2 Å². The molecule has 35 heavy (non-hydrogen) atoms. The van der Waals surface area contributed by atoms with Crippen molar-refractivity contribution >= 4 is 36.6 Å². The summed E-state index contributed by atoms with van der Waals surface area (Å²) < 4.78 is 101. The van der Waals surface area contributed by atoms with E-state index in [1.165, 1.54) is 0 Å². The molecule has 2 aromatic rings. The van der Waals surface area contributed by atoms with Crippen LogP contribution in [0.3, 0.4) is 0 Å². The molecule has 0 saturated heterocycles. The second-order valence-electron chi connectivity index (χ2n) is 6.48. The highest BCUT2D eigenvalue weighted by atomic mass is 35.5. The highest BCUT2D eigenvalue weighted by Gasteiger charge is 2.37. The number of nitro benzene ring substituents is 1. The Hall–Kier alpha value is -3.03. The number of nitrogens with zero attached hydrogens (tertiary/aromatic N) is 2. The lowest BCUT2D eigenvalue weighted by Crippen LogP contribution is -2.22. The first-order valence-corrected chi connectivity index (χ1v) is 10.7. The quantitative estimate of drug-likeness (QED) is 0.132. The molecular weight excluding hydrogens is 537 g/mol. The second kappa shape index (κ2) is 11.1. The first-order valence-electron chi connectivity index (χ1n) is 9.16. The predicted octanol–water partition coefficient (Wildman–Crippen LogP) is 5.51. The number of nitro groups is 1. The number of carbonyl (C=O) groups is 1. The molecule has 0 bridgehead atoms. The summed E-state index contributed by atoms with van der Waals surface area (Å²) in [5, 5.41) is 10.3. The van der Waals surface area contributed by atoms with Crippen molar-refractivity contribution in [2.75, 3.05) is 13.2 Å². The zero-order chi connectivity index (χ0) is 26.6. The molecule has 0 spiro atoms. The van der Waals surface area contributed by atoms with Crippen LogP contribution in [0.4, 0.5) is 32.0 Å². The van der Waals surface area contributed by atoms with Gasteiger partial charge in [0.25, 0.3) is 0 Å². The summed E-state index contributed by atoms with van der Waals surface area (Å²) in [7, 11) is -3.19. The molecule has 0 fully saturated rings. The average Bonchev–Trinajstić information content (AvgIpc) is 2.75. The molecule has 9 nitrogen and oxygen atoms in total. The molecule has 190 valence electrons. The van der Waals surface area contributed by atoms with Gasteiger partial charge in [-0.15, -0.1) is 4.52 Å². The highest BCUT2D eigenvalue weighted by Crippen LogP contribution is 2.38. The minimum absolute atomic E-state index is 0.107. The molecule has 0 N–H and O–H groups in total. The van der Waals surface area contributed by atoms with Crippen molar-refractivity contribution < 1.29 is 54.6 Å². The van der Waals surface area contributed by atoms with Gasteiger partial charge in [-0.05, 0) is 17.1 Å². The highest BCUT2D eigenvalue weighted by molar-refractivity contribution is 7.48. The first-order chi connectivity index (χ1) is 16.1. The second-order valence-corrected chi connectivity index (χ2v) is 8.14. The number of rotatable bonds is 9. The number of ether oxygens (including phenoxy) is 2. The molecule has 2 rings (SSSR count). The van der Waals surface area contributed by atoms with Gasteiger partial charge in [0.2, 0.25) is 12.5 Å². The van der Waals surface area contributed by atoms with Crippen molar-refractivity contribution in [1.29, 1.82) is 0 Å². The van der Waals surface area contributed by atoms with Crippen LogP contribution in [0.2, 0.25) is 5.02 Å². The van der Waals surface area contributed by atoms with Gasteiger partial charge in [-0.2, -0.15) is 26.3 Å². The molecule has 1 atom stereocenters. The van der Waals surface area contributed by atoms with Gasteiger partial charge in [0, 0.05) is 23.9 Å². The van der Waals surface area contributed by atoms with Crippen molar-refractivity contribution in [3.8, 4) is 11.6 Å². The van der Waals surface area contributed by atoms with Crippen LogP contribution in [0.25, 0.3) is 0 Å². The average molecular weight is 550 g/mol. The standard InChI is InChI=1S/C18H13ClF6N2O7P/c1-2-9-3-12(27(29)30)14(35(31)33-7-15(28)32-8-17(20,21)22)5-13(9)34-16-11(19)4-10(6-26-16)18(23,24)25/h3-6H,2,7-8H2,1H3/q+1.